The molecule has 1 fully saturated rings. The third-order valence-corrected chi connectivity index (χ3v) is 5.64. The summed E-state index contributed by atoms with van der Waals surface area (Å²) in [6, 6.07) is 8.51. The Bertz CT molecular complexity index is 1110. The van der Waals surface area contributed by atoms with Crippen molar-refractivity contribution in [2.45, 2.75) is 45.3 Å². The third-order valence-electron chi connectivity index (χ3n) is 5.64. The minimum Gasteiger partial charge on any atom is -0.354 e. The highest BCUT2D eigenvalue weighted by Crippen LogP contribution is 2.33. The lowest BCUT2D eigenvalue weighted by Gasteiger charge is -2.34. The smallest absolute Gasteiger partial charge is 0.354 e. The number of fused-ring (bicyclic) bond motifs is 1. The van der Waals surface area contributed by atoms with Gasteiger partial charge in [-0.25, -0.2) is 9.97 Å². The summed E-state index contributed by atoms with van der Waals surface area (Å²) >= 11 is 0. The molecule has 3 heterocycles. The first-order chi connectivity index (χ1) is 14.7. The Morgan fingerprint density at radius 2 is 1.87 bits per heavy atom. The van der Waals surface area contributed by atoms with Crippen LogP contribution in [0.2, 0.25) is 0 Å². The molecule has 0 bridgehead atoms. The van der Waals surface area contributed by atoms with Crippen LogP contribution in [0.15, 0.2) is 42.6 Å². The van der Waals surface area contributed by atoms with Crippen molar-refractivity contribution in [2.75, 3.05) is 11.9 Å². The molecule has 1 saturated heterocycles. The molecule has 0 saturated carbocycles. The maximum atomic E-state index is 13.4. The van der Waals surface area contributed by atoms with Crippen LogP contribution >= 0.6 is 0 Å². The third kappa shape index (κ3) is 4.33. The molecule has 0 radical (unpaired) electrons. The molecule has 162 valence electrons. The zero-order valence-corrected chi connectivity index (χ0v) is 17.3. The fraction of sp³-hybridized carbons (Fsp3) is 0.348. The number of halogens is 3. The summed E-state index contributed by atoms with van der Waals surface area (Å²) in [5.41, 5.74) is 1.85. The predicted molar refractivity (Wildman–Crippen MR) is 113 cm³/mol. The average molecular weight is 428 g/mol. The van der Waals surface area contributed by atoms with Crippen molar-refractivity contribution < 1.29 is 18.0 Å². The van der Waals surface area contributed by atoms with E-state index in [2.05, 4.69) is 15.3 Å². The van der Waals surface area contributed by atoms with E-state index in [1.54, 1.807) is 0 Å². The summed E-state index contributed by atoms with van der Waals surface area (Å²) in [5.74, 6) is -0.142. The number of aryl methyl sites for hydroxylation is 1. The Labute approximate surface area is 178 Å². The summed E-state index contributed by atoms with van der Waals surface area (Å²) in [6.45, 7) is 4.54. The molecule has 0 spiro atoms. The number of nitrogens with one attached hydrogen (secondary N) is 1. The van der Waals surface area contributed by atoms with Crippen LogP contribution in [0.4, 0.5) is 24.5 Å². The van der Waals surface area contributed by atoms with Crippen molar-refractivity contribution >= 4 is 28.3 Å². The summed E-state index contributed by atoms with van der Waals surface area (Å²) < 4.78 is 38.8. The molecule has 5 nitrogen and oxygen atoms in total. The van der Waals surface area contributed by atoms with Gasteiger partial charge in [0.2, 0.25) is 0 Å². The van der Waals surface area contributed by atoms with Crippen molar-refractivity contribution in [3.63, 3.8) is 0 Å². The number of piperidine rings is 1. The summed E-state index contributed by atoms with van der Waals surface area (Å²) in [6.07, 6.45) is 0.0646. The number of carbonyl (C=O) groups is 1. The number of rotatable bonds is 3. The number of benzene rings is 1. The van der Waals surface area contributed by atoms with E-state index in [9.17, 15) is 18.0 Å². The Balaban J connectivity index is 1.77. The molecular formula is C23H23F3N4O. The number of anilines is 2. The molecule has 0 aliphatic carbocycles. The van der Waals surface area contributed by atoms with E-state index in [0.29, 0.717) is 34.5 Å². The first-order valence-corrected chi connectivity index (χ1v) is 10.3. The minimum absolute atomic E-state index is 0.118. The van der Waals surface area contributed by atoms with E-state index < -0.39 is 11.7 Å². The van der Waals surface area contributed by atoms with Crippen molar-refractivity contribution in [3.05, 3.63) is 59.4 Å². The highest BCUT2D eigenvalue weighted by molar-refractivity contribution is 6.07. The van der Waals surface area contributed by atoms with Crippen molar-refractivity contribution in [2.24, 2.45) is 0 Å². The predicted octanol–water partition coefficient (Wildman–Crippen LogP) is 5.72. The Morgan fingerprint density at radius 3 is 2.55 bits per heavy atom. The molecule has 1 aliphatic rings. The summed E-state index contributed by atoms with van der Waals surface area (Å²) in [4.78, 5) is 24.0. The minimum atomic E-state index is -4.41. The standard InChI is InChI=1S/C23H23F3N4O/c1-14-6-11-18-20(29-17-9-7-16(8-10-17)23(24,25)26)19(13-27-21(18)28-14)22(31)30-12-4-3-5-15(30)2/h6-11,13,15H,3-5,12H2,1-2H3,(H,27,28,29). The number of aromatic nitrogens is 2. The number of hydrogen-bond acceptors (Lipinski definition) is 4. The Hall–Kier alpha value is -3.16. The van der Waals surface area contributed by atoms with E-state index in [1.807, 2.05) is 30.9 Å². The van der Waals surface area contributed by atoms with Gasteiger partial charge in [0.1, 0.15) is 0 Å². The number of nitrogens with zero attached hydrogens (tertiary/aromatic N) is 3. The van der Waals surface area contributed by atoms with Crippen LogP contribution in [-0.4, -0.2) is 33.4 Å². The second kappa shape index (κ2) is 8.17. The topological polar surface area (TPSA) is 58.1 Å². The highest BCUT2D eigenvalue weighted by Gasteiger charge is 2.30. The first kappa shape index (κ1) is 21.1. The molecule has 1 N–H and O–H groups in total. The van der Waals surface area contributed by atoms with Crippen LogP contribution in [0.25, 0.3) is 11.0 Å². The Morgan fingerprint density at radius 1 is 1.13 bits per heavy atom. The van der Waals surface area contributed by atoms with Gasteiger partial charge < -0.3 is 10.2 Å². The SMILES string of the molecule is Cc1ccc2c(Nc3ccc(C(F)(F)F)cc3)c(C(=O)N3CCCCC3C)cnc2n1. The van der Waals surface area contributed by atoms with Crippen LogP contribution in [0, 0.1) is 6.92 Å². The molecule has 1 amide bonds. The monoisotopic (exact) mass is 428 g/mol. The van der Waals surface area contributed by atoms with Crippen LogP contribution < -0.4 is 5.32 Å². The van der Waals surface area contributed by atoms with Gasteiger partial charge in [-0.05, 0) is 69.5 Å². The number of amides is 1. The van der Waals surface area contributed by atoms with Gasteiger partial charge in [-0.15, -0.1) is 0 Å². The van der Waals surface area contributed by atoms with Gasteiger partial charge >= 0.3 is 6.18 Å². The highest BCUT2D eigenvalue weighted by atomic mass is 19.4. The zero-order chi connectivity index (χ0) is 22.2. The van der Waals surface area contributed by atoms with Crippen molar-refractivity contribution in [1.82, 2.24) is 14.9 Å². The fourth-order valence-corrected chi connectivity index (χ4v) is 3.91. The van der Waals surface area contributed by atoms with E-state index in [1.165, 1.54) is 18.3 Å². The van der Waals surface area contributed by atoms with Crippen LogP contribution in [0.1, 0.15) is 47.8 Å². The lowest BCUT2D eigenvalue weighted by molar-refractivity contribution is -0.137. The molecular weight excluding hydrogens is 405 g/mol. The van der Waals surface area contributed by atoms with Gasteiger partial charge in [-0.3, -0.25) is 4.79 Å². The maximum Gasteiger partial charge on any atom is 0.416 e. The molecule has 1 aliphatic heterocycles. The molecule has 2 aromatic heterocycles. The maximum absolute atomic E-state index is 13.4. The van der Waals surface area contributed by atoms with Gasteiger partial charge in [0.05, 0.1) is 16.8 Å². The summed E-state index contributed by atoms with van der Waals surface area (Å²) in [5, 5.41) is 3.79. The van der Waals surface area contributed by atoms with Crippen molar-refractivity contribution in [1.29, 1.82) is 0 Å². The quantitative estimate of drug-likeness (QED) is 0.580. The zero-order valence-electron chi connectivity index (χ0n) is 17.3. The van der Waals surface area contributed by atoms with Gasteiger partial charge in [-0.2, -0.15) is 13.2 Å². The normalized spacial score (nSPS) is 17.1. The molecule has 8 heteroatoms. The van der Waals surface area contributed by atoms with Gasteiger partial charge in [0, 0.05) is 35.6 Å². The van der Waals surface area contributed by atoms with Gasteiger partial charge in [-0.1, -0.05) is 0 Å². The van der Waals surface area contributed by atoms with Crippen LogP contribution in [0.5, 0.6) is 0 Å². The fourth-order valence-electron chi connectivity index (χ4n) is 3.91. The molecule has 3 aromatic rings. The van der Waals surface area contributed by atoms with Crippen LogP contribution in [-0.2, 0) is 6.18 Å². The average Bonchev–Trinajstić information content (AvgIpc) is 2.73. The van der Waals surface area contributed by atoms with E-state index in [4.69, 9.17) is 0 Å². The van der Waals surface area contributed by atoms with Crippen molar-refractivity contribution in [3.8, 4) is 0 Å². The number of pyridine rings is 2. The molecule has 1 unspecified atom stereocenters. The van der Waals surface area contributed by atoms with Gasteiger partial charge in [0.25, 0.3) is 5.91 Å². The lowest BCUT2D eigenvalue weighted by atomic mass is 10.0. The van der Waals surface area contributed by atoms with E-state index in [0.717, 1.165) is 37.1 Å². The number of hydrogen-bond donors (Lipinski definition) is 1. The molecule has 1 aromatic carbocycles. The van der Waals surface area contributed by atoms with Crippen LogP contribution in [0.3, 0.4) is 0 Å². The Kier molecular flexibility index (Phi) is 5.56. The molecule has 31 heavy (non-hydrogen) atoms. The number of carbonyl (C=O) groups excluding carboxylic acids is 1. The second-order valence-electron chi connectivity index (χ2n) is 7.91. The molecule has 4 rings (SSSR count). The largest absolute Gasteiger partial charge is 0.416 e. The van der Waals surface area contributed by atoms with Gasteiger partial charge in [0.15, 0.2) is 5.65 Å². The van der Waals surface area contributed by atoms with E-state index >= 15 is 0 Å². The second-order valence-corrected chi connectivity index (χ2v) is 7.91. The number of alkyl halides is 3. The molecule has 1 atom stereocenters. The lowest BCUT2D eigenvalue weighted by Crippen LogP contribution is -2.42. The first-order valence-electron chi connectivity index (χ1n) is 10.3. The number of likely N-dealkylation sites (tertiary alicyclic amines) is 1. The van der Waals surface area contributed by atoms with E-state index in [-0.39, 0.29) is 11.9 Å². The summed E-state index contributed by atoms with van der Waals surface area (Å²) in [7, 11) is 0.